The van der Waals surface area contributed by atoms with Gasteiger partial charge in [-0.2, -0.15) is 0 Å². The Kier molecular flexibility index (Phi) is 8.93. The molecule has 0 saturated heterocycles. The minimum atomic E-state index is -1.48. The van der Waals surface area contributed by atoms with Crippen molar-refractivity contribution in [1.82, 2.24) is 5.32 Å². The number of rotatable bonds is 8. The predicted octanol–water partition coefficient (Wildman–Crippen LogP) is 4.70. The van der Waals surface area contributed by atoms with Gasteiger partial charge in [0.15, 0.2) is 5.75 Å². The van der Waals surface area contributed by atoms with E-state index in [0.717, 1.165) is 0 Å². The van der Waals surface area contributed by atoms with E-state index < -0.39 is 31.7 Å². The molecule has 2 aromatic rings. The highest BCUT2D eigenvalue weighted by Crippen LogP contribution is 2.42. The Hall–Kier alpha value is -1.87. The minimum Gasteiger partial charge on any atom is -0.507 e. The maximum absolute atomic E-state index is 12.6. The van der Waals surface area contributed by atoms with Gasteiger partial charge in [0.2, 0.25) is 0 Å². The summed E-state index contributed by atoms with van der Waals surface area (Å²) in [4.78, 5) is 24.5. The van der Waals surface area contributed by atoms with Gasteiger partial charge < -0.3 is 29.6 Å². The van der Waals surface area contributed by atoms with Crippen molar-refractivity contribution in [2.24, 2.45) is 0 Å². The summed E-state index contributed by atoms with van der Waals surface area (Å²) in [7, 11) is -1.48. The molecule has 3 atom stereocenters. The quantitative estimate of drug-likeness (QED) is 0.300. The summed E-state index contributed by atoms with van der Waals surface area (Å²) in [5.41, 5.74) is 0.343. The normalized spacial score (nSPS) is 14.2. The van der Waals surface area contributed by atoms with E-state index in [-0.39, 0.29) is 23.2 Å². The van der Waals surface area contributed by atoms with E-state index in [4.69, 9.17) is 9.47 Å². The standard InChI is InChI=1S/C21H24Br2NO7P/c1-10(2)30-20(27)11(3)24-19(26)14-9-13(5-6-17(14)25)31-18-15(22)7-12(8-16(18)23)21(4,28)32-29/h5-11,25,28H,32H2,1-4H3,(H,24,26). The monoisotopic (exact) mass is 591 g/mol. The lowest BCUT2D eigenvalue weighted by Crippen LogP contribution is -2.40. The van der Waals surface area contributed by atoms with Crippen LogP contribution in [0, 0.1) is 0 Å². The molecule has 0 aromatic heterocycles. The van der Waals surface area contributed by atoms with Crippen molar-refractivity contribution in [1.29, 1.82) is 0 Å². The Morgan fingerprint density at radius 1 is 1.12 bits per heavy atom. The number of nitrogens with one attached hydrogen (secondary N) is 1. The molecule has 32 heavy (non-hydrogen) atoms. The molecule has 8 nitrogen and oxygen atoms in total. The van der Waals surface area contributed by atoms with Gasteiger partial charge in [0.25, 0.3) is 5.91 Å². The highest BCUT2D eigenvalue weighted by molar-refractivity contribution is 9.11. The largest absolute Gasteiger partial charge is 0.507 e. The van der Waals surface area contributed by atoms with E-state index in [0.29, 0.717) is 20.3 Å². The number of benzene rings is 2. The number of phenols is 1. The lowest BCUT2D eigenvalue weighted by Gasteiger charge is -2.20. The van der Waals surface area contributed by atoms with Crippen molar-refractivity contribution in [2.45, 2.75) is 45.2 Å². The number of carbonyl (C=O) groups excluding carboxylic acids is 2. The zero-order valence-electron chi connectivity index (χ0n) is 17.8. The molecule has 174 valence electrons. The third kappa shape index (κ3) is 6.57. The molecule has 0 aliphatic carbocycles. The van der Waals surface area contributed by atoms with Crippen LogP contribution in [0.15, 0.2) is 39.3 Å². The average molecular weight is 593 g/mol. The van der Waals surface area contributed by atoms with Crippen LogP contribution in [0.1, 0.15) is 43.6 Å². The molecule has 0 saturated carbocycles. The lowest BCUT2D eigenvalue weighted by atomic mass is 10.1. The van der Waals surface area contributed by atoms with Crippen LogP contribution in [0.25, 0.3) is 0 Å². The molecule has 3 N–H and O–H groups in total. The SMILES string of the molecule is CC(C)OC(=O)C(C)NC(=O)c1cc(Oc2c(Br)cc(C(C)(O)[PH2]=O)cc2Br)ccc1O. The highest BCUT2D eigenvalue weighted by atomic mass is 79.9. The molecule has 0 aliphatic heterocycles. The Bertz CT molecular complexity index is 1020. The van der Waals surface area contributed by atoms with Crippen LogP contribution < -0.4 is 10.1 Å². The second-order valence-electron chi connectivity index (χ2n) is 7.50. The third-order valence-corrected chi connectivity index (χ3v) is 6.27. The first-order chi connectivity index (χ1) is 14.9. The van der Waals surface area contributed by atoms with E-state index in [1.807, 2.05) is 0 Å². The second kappa shape index (κ2) is 10.8. The van der Waals surface area contributed by atoms with Gasteiger partial charge in [-0.1, -0.05) is 0 Å². The molecule has 2 aromatic carbocycles. The van der Waals surface area contributed by atoms with Gasteiger partial charge in [0.05, 0.1) is 29.1 Å². The molecule has 0 radical (unpaired) electrons. The van der Waals surface area contributed by atoms with Gasteiger partial charge in [-0.25, -0.2) is 4.79 Å². The number of amides is 1. The topological polar surface area (TPSA) is 122 Å². The molecule has 0 fully saturated rings. The fourth-order valence-corrected chi connectivity index (χ4v) is 4.21. The molecule has 0 bridgehead atoms. The zero-order chi connectivity index (χ0) is 24.2. The van der Waals surface area contributed by atoms with Gasteiger partial charge in [-0.3, -0.25) is 4.79 Å². The molecule has 0 spiro atoms. The second-order valence-corrected chi connectivity index (χ2v) is 10.6. The van der Waals surface area contributed by atoms with Crippen LogP contribution in [0.2, 0.25) is 0 Å². The van der Waals surface area contributed by atoms with Crippen LogP contribution in [0.4, 0.5) is 0 Å². The fraction of sp³-hybridized carbons (Fsp3) is 0.333. The molecule has 2 rings (SSSR count). The van der Waals surface area contributed by atoms with Crippen molar-refractivity contribution in [3.05, 3.63) is 50.4 Å². The summed E-state index contributed by atoms with van der Waals surface area (Å²) in [5.74, 6) is -0.979. The van der Waals surface area contributed by atoms with E-state index in [1.165, 1.54) is 32.0 Å². The molecule has 11 heteroatoms. The van der Waals surface area contributed by atoms with E-state index in [2.05, 4.69) is 37.2 Å². The van der Waals surface area contributed by atoms with Crippen molar-refractivity contribution in [3.8, 4) is 17.2 Å². The fourth-order valence-electron chi connectivity index (χ4n) is 2.56. The zero-order valence-corrected chi connectivity index (χ0v) is 22.1. The summed E-state index contributed by atoms with van der Waals surface area (Å²) in [5, 5.41) is 21.4. The van der Waals surface area contributed by atoms with Crippen LogP contribution in [0.5, 0.6) is 17.2 Å². The number of hydrogen-bond donors (Lipinski definition) is 3. The number of aliphatic hydroxyl groups is 1. The summed E-state index contributed by atoms with van der Waals surface area (Å²) >= 11 is 6.74. The van der Waals surface area contributed by atoms with Gasteiger partial charge in [0, 0.05) is 0 Å². The van der Waals surface area contributed by atoms with Crippen LogP contribution in [-0.4, -0.2) is 34.2 Å². The Morgan fingerprint density at radius 3 is 2.25 bits per heavy atom. The first-order valence-corrected chi connectivity index (χ1v) is 12.2. The first kappa shape index (κ1) is 26.4. The number of ether oxygens (including phenoxy) is 2. The molecular formula is C21H24Br2NO7P. The Labute approximate surface area is 203 Å². The lowest BCUT2D eigenvalue weighted by molar-refractivity contribution is -0.149. The molecular weight excluding hydrogens is 569 g/mol. The Morgan fingerprint density at radius 2 is 1.72 bits per heavy atom. The highest BCUT2D eigenvalue weighted by Gasteiger charge is 2.25. The van der Waals surface area contributed by atoms with Crippen molar-refractivity contribution < 1.29 is 33.8 Å². The Balaban J connectivity index is 2.27. The molecule has 0 aliphatic rings. The number of esters is 1. The number of carbonyl (C=O) groups is 2. The number of aromatic hydroxyl groups is 1. The van der Waals surface area contributed by atoms with Crippen molar-refractivity contribution in [2.75, 3.05) is 0 Å². The van der Waals surface area contributed by atoms with Gasteiger partial charge >= 0.3 is 5.97 Å². The number of phenolic OH excluding ortho intramolecular Hbond substituents is 1. The van der Waals surface area contributed by atoms with Gasteiger partial charge in [-0.15, -0.1) is 0 Å². The van der Waals surface area contributed by atoms with E-state index in [9.17, 15) is 24.4 Å². The smallest absolute Gasteiger partial charge is 0.328 e. The van der Waals surface area contributed by atoms with Gasteiger partial charge in [-0.05, 0) is 95.5 Å². The maximum atomic E-state index is 12.6. The first-order valence-electron chi connectivity index (χ1n) is 9.56. The summed E-state index contributed by atoms with van der Waals surface area (Å²) in [6, 6.07) is 6.34. The minimum absolute atomic E-state index is 0.0894. The van der Waals surface area contributed by atoms with E-state index >= 15 is 0 Å². The van der Waals surface area contributed by atoms with Gasteiger partial charge in [0.1, 0.15) is 22.9 Å². The number of hydrogen-bond acceptors (Lipinski definition) is 7. The average Bonchev–Trinajstić information content (AvgIpc) is 2.70. The maximum Gasteiger partial charge on any atom is 0.328 e. The molecule has 0 heterocycles. The summed E-state index contributed by atoms with van der Waals surface area (Å²) < 4.78 is 23.2. The third-order valence-electron chi connectivity index (χ3n) is 4.30. The molecule has 3 unspecified atom stereocenters. The van der Waals surface area contributed by atoms with Crippen molar-refractivity contribution >= 4 is 52.2 Å². The van der Waals surface area contributed by atoms with Crippen LogP contribution in [0.3, 0.4) is 0 Å². The predicted molar refractivity (Wildman–Crippen MR) is 128 cm³/mol. The van der Waals surface area contributed by atoms with E-state index in [1.54, 1.807) is 26.0 Å². The van der Waals surface area contributed by atoms with Crippen molar-refractivity contribution in [3.63, 3.8) is 0 Å². The van der Waals surface area contributed by atoms with Crippen LogP contribution in [-0.2, 0) is 19.4 Å². The van der Waals surface area contributed by atoms with Crippen LogP contribution >= 0.6 is 40.3 Å². The molecule has 1 amide bonds. The number of halogens is 2. The summed E-state index contributed by atoms with van der Waals surface area (Å²) in [6.07, 6.45) is -0.325. The summed E-state index contributed by atoms with van der Waals surface area (Å²) in [6.45, 7) is 6.33.